The lowest BCUT2D eigenvalue weighted by molar-refractivity contribution is 0.134. The minimum Gasteiger partial charge on any atom is -0.379 e. The molecule has 0 radical (unpaired) electrons. The molecule has 2 N–H and O–H groups in total. The van der Waals surface area contributed by atoms with Gasteiger partial charge in [0.05, 0.1) is 24.1 Å². The van der Waals surface area contributed by atoms with Crippen LogP contribution in [0.5, 0.6) is 0 Å². The Kier molecular flexibility index (Phi) is 5.54. The summed E-state index contributed by atoms with van der Waals surface area (Å²) >= 11 is 6.64. The van der Waals surface area contributed by atoms with Gasteiger partial charge in [-0.2, -0.15) is 4.98 Å². The summed E-state index contributed by atoms with van der Waals surface area (Å²) in [6, 6.07) is 7.15. The molecule has 2 aliphatic rings. The van der Waals surface area contributed by atoms with Crippen LogP contribution in [0.2, 0.25) is 5.02 Å². The van der Waals surface area contributed by atoms with Crippen LogP contribution < -0.4 is 14.9 Å². The van der Waals surface area contributed by atoms with Gasteiger partial charge in [0.1, 0.15) is 5.82 Å². The first kappa shape index (κ1) is 20.2. The van der Waals surface area contributed by atoms with Gasteiger partial charge in [-0.1, -0.05) is 17.7 Å². The van der Waals surface area contributed by atoms with Crippen molar-refractivity contribution in [3.8, 4) is 0 Å². The van der Waals surface area contributed by atoms with E-state index < -0.39 is 10.0 Å². The van der Waals surface area contributed by atoms with E-state index in [0.717, 1.165) is 30.0 Å². The molecule has 0 spiro atoms. The van der Waals surface area contributed by atoms with Crippen molar-refractivity contribution in [1.82, 2.24) is 9.97 Å². The van der Waals surface area contributed by atoms with Crippen molar-refractivity contribution >= 4 is 39.1 Å². The minimum absolute atomic E-state index is 0.164. The third kappa shape index (κ3) is 4.12. The number of hydrogen-bond acceptors (Lipinski definition) is 7. The first-order valence-electron chi connectivity index (χ1n) is 9.60. The summed E-state index contributed by atoms with van der Waals surface area (Å²) in [7, 11) is -3.25. The molecule has 1 atom stereocenters. The summed E-state index contributed by atoms with van der Waals surface area (Å²) in [6.45, 7) is 4.19. The smallest absolute Gasteiger partial charge is 0.235 e. The fourth-order valence-electron chi connectivity index (χ4n) is 3.90. The number of anilines is 3. The van der Waals surface area contributed by atoms with Gasteiger partial charge in [0, 0.05) is 36.5 Å². The van der Waals surface area contributed by atoms with Crippen LogP contribution in [-0.4, -0.2) is 50.4 Å². The third-order valence-corrected chi connectivity index (χ3v) is 7.42. The molecule has 3 heterocycles. The SMILES string of the molecule is Cc1cc(N2CCCOC[C@H]2c2ccc(N3CCCS3(=O)=O)cc2Cl)nc(N)n1. The van der Waals surface area contributed by atoms with Crippen LogP contribution in [0.15, 0.2) is 24.3 Å². The Morgan fingerprint density at radius 3 is 2.72 bits per heavy atom. The molecule has 8 nitrogen and oxygen atoms in total. The number of ether oxygens (including phenoxy) is 1. The molecule has 156 valence electrons. The predicted molar refractivity (Wildman–Crippen MR) is 114 cm³/mol. The van der Waals surface area contributed by atoms with Gasteiger partial charge in [0.2, 0.25) is 16.0 Å². The molecule has 0 unspecified atom stereocenters. The largest absolute Gasteiger partial charge is 0.379 e. The molecule has 1 aromatic heterocycles. The zero-order valence-corrected chi connectivity index (χ0v) is 17.8. The van der Waals surface area contributed by atoms with Crippen LogP contribution in [0, 0.1) is 6.92 Å². The summed E-state index contributed by atoms with van der Waals surface area (Å²) in [6.07, 6.45) is 1.47. The number of hydrogen-bond donors (Lipinski definition) is 1. The number of aromatic nitrogens is 2. The van der Waals surface area contributed by atoms with Gasteiger partial charge in [-0.25, -0.2) is 13.4 Å². The number of benzene rings is 1. The highest BCUT2D eigenvalue weighted by Gasteiger charge is 2.31. The Morgan fingerprint density at radius 2 is 2.03 bits per heavy atom. The lowest BCUT2D eigenvalue weighted by Gasteiger charge is -2.32. The number of halogens is 1. The molecule has 2 aromatic rings. The molecule has 10 heteroatoms. The van der Waals surface area contributed by atoms with Crippen molar-refractivity contribution in [2.75, 3.05) is 47.0 Å². The first-order chi connectivity index (χ1) is 13.8. The minimum atomic E-state index is -3.25. The topological polar surface area (TPSA) is 102 Å². The lowest BCUT2D eigenvalue weighted by Crippen LogP contribution is -2.32. The Bertz CT molecular complexity index is 997. The van der Waals surface area contributed by atoms with E-state index in [1.165, 1.54) is 4.31 Å². The van der Waals surface area contributed by atoms with Crippen molar-refractivity contribution in [2.45, 2.75) is 25.8 Å². The highest BCUT2D eigenvalue weighted by molar-refractivity contribution is 7.93. The maximum absolute atomic E-state index is 12.2. The number of aryl methyl sites for hydroxylation is 1. The second-order valence-electron chi connectivity index (χ2n) is 7.31. The predicted octanol–water partition coefficient (Wildman–Crippen LogP) is 2.53. The zero-order chi connectivity index (χ0) is 20.6. The lowest BCUT2D eigenvalue weighted by atomic mass is 10.0. The van der Waals surface area contributed by atoms with E-state index in [-0.39, 0.29) is 17.7 Å². The van der Waals surface area contributed by atoms with Gasteiger partial charge in [-0.15, -0.1) is 0 Å². The van der Waals surface area contributed by atoms with Crippen LogP contribution in [0.25, 0.3) is 0 Å². The molecule has 0 bridgehead atoms. The Balaban J connectivity index is 1.70. The fourth-order valence-corrected chi connectivity index (χ4v) is 5.76. The number of nitrogens with two attached hydrogens (primary N) is 1. The normalized spacial score (nSPS) is 21.9. The van der Waals surface area contributed by atoms with Crippen molar-refractivity contribution in [2.24, 2.45) is 0 Å². The standard InChI is InChI=1S/C19H24ClN5O3S/c1-13-10-18(23-19(21)22-13)24-6-2-8-28-12-17(24)15-5-4-14(11-16(15)20)25-7-3-9-29(25,26)27/h4-5,10-11,17H,2-3,6-9,12H2,1H3,(H2,21,22,23)/t17-/m0/s1. The number of nitrogen functional groups attached to an aromatic ring is 1. The van der Waals surface area contributed by atoms with Gasteiger partial charge in [-0.3, -0.25) is 4.31 Å². The molecular weight excluding hydrogens is 414 g/mol. The Labute approximate surface area is 175 Å². The van der Waals surface area contributed by atoms with Crippen molar-refractivity contribution in [1.29, 1.82) is 0 Å². The average molecular weight is 438 g/mol. The van der Waals surface area contributed by atoms with Crippen LogP contribution in [0.4, 0.5) is 17.5 Å². The van der Waals surface area contributed by atoms with E-state index in [1.807, 2.05) is 25.1 Å². The summed E-state index contributed by atoms with van der Waals surface area (Å²) in [5, 5.41) is 0.504. The average Bonchev–Trinajstić information content (AvgIpc) is 2.86. The van der Waals surface area contributed by atoms with Crippen LogP contribution >= 0.6 is 11.6 Å². The summed E-state index contributed by atoms with van der Waals surface area (Å²) < 4.78 is 31.7. The highest BCUT2D eigenvalue weighted by atomic mass is 35.5. The molecule has 0 amide bonds. The molecule has 0 aliphatic carbocycles. The molecule has 1 aromatic carbocycles. The van der Waals surface area contributed by atoms with Crippen molar-refractivity contribution < 1.29 is 13.2 Å². The molecule has 2 saturated heterocycles. The Morgan fingerprint density at radius 1 is 1.21 bits per heavy atom. The quantitative estimate of drug-likeness (QED) is 0.787. The van der Waals surface area contributed by atoms with Gasteiger partial charge >= 0.3 is 0 Å². The van der Waals surface area contributed by atoms with Crippen LogP contribution in [-0.2, 0) is 14.8 Å². The maximum Gasteiger partial charge on any atom is 0.235 e. The zero-order valence-electron chi connectivity index (χ0n) is 16.2. The van der Waals surface area contributed by atoms with E-state index in [0.29, 0.717) is 36.9 Å². The van der Waals surface area contributed by atoms with Crippen molar-refractivity contribution in [3.63, 3.8) is 0 Å². The Hall–Kier alpha value is -2.10. The monoisotopic (exact) mass is 437 g/mol. The van der Waals surface area contributed by atoms with E-state index in [4.69, 9.17) is 22.1 Å². The van der Waals surface area contributed by atoms with E-state index in [9.17, 15) is 8.42 Å². The fraction of sp³-hybridized carbons (Fsp3) is 0.474. The third-order valence-electron chi connectivity index (χ3n) is 5.22. The molecule has 0 saturated carbocycles. The van der Waals surface area contributed by atoms with E-state index in [1.54, 1.807) is 6.07 Å². The maximum atomic E-state index is 12.2. The van der Waals surface area contributed by atoms with E-state index in [2.05, 4.69) is 14.9 Å². The molecule has 4 rings (SSSR count). The number of rotatable bonds is 3. The second kappa shape index (κ2) is 7.97. The van der Waals surface area contributed by atoms with Crippen LogP contribution in [0.1, 0.15) is 30.1 Å². The van der Waals surface area contributed by atoms with Crippen molar-refractivity contribution in [3.05, 3.63) is 40.5 Å². The highest BCUT2D eigenvalue weighted by Crippen LogP contribution is 2.36. The van der Waals surface area contributed by atoms with Crippen LogP contribution in [0.3, 0.4) is 0 Å². The molecular formula is C19H24ClN5O3S. The first-order valence-corrected chi connectivity index (χ1v) is 11.6. The second-order valence-corrected chi connectivity index (χ2v) is 9.73. The van der Waals surface area contributed by atoms with Gasteiger partial charge in [0.25, 0.3) is 0 Å². The van der Waals surface area contributed by atoms with Gasteiger partial charge < -0.3 is 15.4 Å². The summed E-state index contributed by atoms with van der Waals surface area (Å²) in [5.41, 5.74) is 8.12. The number of nitrogens with zero attached hydrogens (tertiary/aromatic N) is 4. The van der Waals surface area contributed by atoms with Gasteiger partial charge in [-0.05, 0) is 37.5 Å². The summed E-state index contributed by atoms with van der Waals surface area (Å²) in [5.74, 6) is 1.13. The number of sulfonamides is 1. The van der Waals surface area contributed by atoms with E-state index >= 15 is 0 Å². The molecule has 2 fully saturated rings. The molecule has 29 heavy (non-hydrogen) atoms. The molecule has 2 aliphatic heterocycles. The summed E-state index contributed by atoms with van der Waals surface area (Å²) in [4.78, 5) is 10.7. The van der Waals surface area contributed by atoms with Gasteiger partial charge in [0.15, 0.2) is 0 Å².